The van der Waals surface area contributed by atoms with Crippen molar-refractivity contribution in [2.24, 2.45) is 0 Å². The Hall–Kier alpha value is -1.42. The van der Waals surface area contributed by atoms with Crippen molar-refractivity contribution in [2.75, 3.05) is 0 Å². The smallest absolute Gasteiger partial charge is 0.191 e. The zero-order valence-corrected chi connectivity index (χ0v) is 12.7. The first-order valence-electron chi connectivity index (χ1n) is 6.45. The van der Waals surface area contributed by atoms with Gasteiger partial charge in [-0.05, 0) is 41.8 Å². The lowest BCUT2D eigenvalue weighted by molar-refractivity contribution is 0.274. The predicted octanol–water partition coefficient (Wildman–Crippen LogP) is 5.26. The fourth-order valence-electron chi connectivity index (χ4n) is 1.92. The SMILES string of the molecule is CCCc1cc(F)c(OCc2ccc(Br)cc2)c(F)c1. The minimum Gasteiger partial charge on any atom is -0.483 e. The molecule has 106 valence electrons. The minimum absolute atomic E-state index is 0.133. The highest BCUT2D eigenvalue weighted by atomic mass is 79.9. The van der Waals surface area contributed by atoms with Crippen LogP contribution in [-0.2, 0) is 13.0 Å². The summed E-state index contributed by atoms with van der Waals surface area (Å²) in [5, 5.41) is 0. The Morgan fingerprint density at radius 1 is 1.00 bits per heavy atom. The molecule has 0 radical (unpaired) electrons. The molecule has 0 fully saturated rings. The van der Waals surface area contributed by atoms with Crippen molar-refractivity contribution in [3.63, 3.8) is 0 Å². The molecular weight excluding hydrogens is 326 g/mol. The van der Waals surface area contributed by atoms with E-state index in [2.05, 4.69) is 15.9 Å². The van der Waals surface area contributed by atoms with E-state index in [1.807, 2.05) is 31.2 Å². The molecule has 0 saturated heterocycles. The largest absolute Gasteiger partial charge is 0.483 e. The lowest BCUT2D eigenvalue weighted by atomic mass is 10.1. The first-order valence-corrected chi connectivity index (χ1v) is 7.24. The average molecular weight is 341 g/mol. The standard InChI is InChI=1S/C16H15BrF2O/c1-2-3-12-8-14(18)16(15(19)9-12)20-10-11-4-6-13(17)7-5-11/h4-9H,2-3,10H2,1H3. The fraction of sp³-hybridized carbons (Fsp3) is 0.250. The summed E-state index contributed by atoms with van der Waals surface area (Å²) in [6.45, 7) is 2.10. The second kappa shape index (κ2) is 6.84. The minimum atomic E-state index is -0.648. The summed E-state index contributed by atoms with van der Waals surface area (Å²) in [4.78, 5) is 0. The van der Waals surface area contributed by atoms with Crippen molar-refractivity contribution in [3.05, 3.63) is 63.6 Å². The van der Waals surface area contributed by atoms with E-state index in [0.29, 0.717) is 12.0 Å². The van der Waals surface area contributed by atoms with Gasteiger partial charge in [-0.25, -0.2) is 8.78 Å². The Morgan fingerprint density at radius 3 is 2.15 bits per heavy atom. The van der Waals surface area contributed by atoms with E-state index in [9.17, 15) is 8.78 Å². The molecule has 0 spiro atoms. The van der Waals surface area contributed by atoms with Crippen LogP contribution in [0, 0.1) is 11.6 Å². The first-order chi connectivity index (χ1) is 9.60. The van der Waals surface area contributed by atoms with Crippen LogP contribution >= 0.6 is 15.9 Å². The third-order valence-corrected chi connectivity index (χ3v) is 3.42. The monoisotopic (exact) mass is 340 g/mol. The molecule has 2 rings (SSSR count). The van der Waals surface area contributed by atoms with Crippen LogP contribution in [0.15, 0.2) is 40.9 Å². The zero-order valence-electron chi connectivity index (χ0n) is 11.1. The summed E-state index contributed by atoms with van der Waals surface area (Å²) >= 11 is 3.33. The molecule has 0 amide bonds. The molecule has 0 aromatic heterocycles. The Kier molecular flexibility index (Phi) is 5.12. The van der Waals surface area contributed by atoms with E-state index in [0.717, 1.165) is 16.5 Å². The number of rotatable bonds is 5. The molecule has 0 unspecified atom stereocenters. The molecule has 0 saturated carbocycles. The van der Waals surface area contributed by atoms with Crippen molar-refractivity contribution in [2.45, 2.75) is 26.4 Å². The Bertz CT molecular complexity index is 559. The van der Waals surface area contributed by atoms with Gasteiger partial charge in [0.1, 0.15) is 6.61 Å². The van der Waals surface area contributed by atoms with Gasteiger partial charge in [-0.1, -0.05) is 41.4 Å². The quantitative estimate of drug-likeness (QED) is 0.721. The van der Waals surface area contributed by atoms with Crippen molar-refractivity contribution in [3.8, 4) is 5.75 Å². The van der Waals surface area contributed by atoms with Gasteiger partial charge in [0.05, 0.1) is 0 Å². The summed E-state index contributed by atoms with van der Waals surface area (Å²) in [6.07, 6.45) is 1.50. The molecule has 0 aliphatic carbocycles. The van der Waals surface area contributed by atoms with Crippen LogP contribution in [0.3, 0.4) is 0 Å². The third kappa shape index (κ3) is 3.79. The number of benzene rings is 2. The van der Waals surface area contributed by atoms with E-state index in [4.69, 9.17) is 4.74 Å². The summed E-state index contributed by atoms with van der Waals surface area (Å²) in [7, 11) is 0. The number of halogens is 3. The molecule has 2 aromatic rings. The predicted molar refractivity (Wildman–Crippen MR) is 78.8 cm³/mol. The molecule has 0 aliphatic heterocycles. The average Bonchev–Trinajstić information content (AvgIpc) is 2.40. The van der Waals surface area contributed by atoms with Crippen LogP contribution < -0.4 is 4.74 Å². The van der Waals surface area contributed by atoms with Crippen molar-refractivity contribution >= 4 is 15.9 Å². The third-order valence-electron chi connectivity index (χ3n) is 2.89. The highest BCUT2D eigenvalue weighted by Gasteiger charge is 2.12. The highest BCUT2D eigenvalue weighted by Crippen LogP contribution is 2.25. The van der Waals surface area contributed by atoms with Gasteiger partial charge < -0.3 is 4.74 Å². The van der Waals surface area contributed by atoms with Gasteiger partial charge in [0.2, 0.25) is 0 Å². The van der Waals surface area contributed by atoms with Gasteiger partial charge >= 0.3 is 0 Å². The lowest BCUT2D eigenvalue weighted by Crippen LogP contribution is -2.01. The molecule has 0 aliphatic rings. The molecule has 0 atom stereocenters. The van der Waals surface area contributed by atoms with E-state index in [1.165, 1.54) is 12.1 Å². The lowest BCUT2D eigenvalue weighted by Gasteiger charge is -2.10. The van der Waals surface area contributed by atoms with Gasteiger partial charge in [-0.15, -0.1) is 0 Å². The summed E-state index contributed by atoms with van der Waals surface area (Å²) in [5.74, 6) is -1.61. The Balaban J connectivity index is 2.11. The van der Waals surface area contributed by atoms with Crippen molar-refractivity contribution in [1.29, 1.82) is 0 Å². The molecular formula is C16H15BrF2O. The molecule has 0 N–H and O–H groups in total. The van der Waals surface area contributed by atoms with E-state index in [-0.39, 0.29) is 12.4 Å². The zero-order chi connectivity index (χ0) is 14.5. The van der Waals surface area contributed by atoms with E-state index in [1.54, 1.807) is 0 Å². The number of ether oxygens (including phenoxy) is 1. The van der Waals surface area contributed by atoms with Crippen LogP contribution in [-0.4, -0.2) is 0 Å². The maximum absolute atomic E-state index is 13.8. The van der Waals surface area contributed by atoms with E-state index >= 15 is 0 Å². The molecule has 20 heavy (non-hydrogen) atoms. The summed E-state index contributed by atoms with van der Waals surface area (Å²) < 4.78 is 33.9. The number of aryl methyl sites for hydroxylation is 1. The van der Waals surface area contributed by atoms with E-state index < -0.39 is 11.6 Å². The number of hydrogen-bond donors (Lipinski definition) is 0. The van der Waals surface area contributed by atoms with Crippen LogP contribution in [0.5, 0.6) is 5.75 Å². The Labute approximate surface area is 125 Å². The molecule has 0 heterocycles. The van der Waals surface area contributed by atoms with Crippen LogP contribution in [0.25, 0.3) is 0 Å². The van der Waals surface area contributed by atoms with Crippen LogP contribution in [0.2, 0.25) is 0 Å². The second-order valence-corrected chi connectivity index (χ2v) is 5.47. The topological polar surface area (TPSA) is 9.23 Å². The maximum Gasteiger partial charge on any atom is 0.191 e. The Morgan fingerprint density at radius 2 is 1.60 bits per heavy atom. The molecule has 0 bridgehead atoms. The van der Waals surface area contributed by atoms with Gasteiger partial charge in [0.15, 0.2) is 17.4 Å². The fourth-order valence-corrected chi connectivity index (χ4v) is 2.18. The summed E-state index contributed by atoms with van der Waals surface area (Å²) in [5.41, 5.74) is 1.50. The maximum atomic E-state index is 13.8. The van der Waals surface area contributed by atoms with Crippen LogP contribution in [0.1, 0.15) is 24.5 Å². The molecule has 2 aromatic carbocycles. The van der Waals surface area contributed by atoms with Gasteiger partial charge in [0, 0.05) is 4.47 Å². The first kappa shape index (κ1) is 15.0. The normalized spacial score (nSPS) is 10.6. The van der Waals surface area contributed by atoms with Crippen molar-refractivity contribution in [1.82, 2.24) is 0 Å². The molecule has 1 nitrogen and oxygen atoms in total. The number of hydrogen-bond acceptors (Lipinski definition) is 1. The van der Waals surface area contributed by atoms with Gasteiger partial charge in [-0.2, -0.15) is 0 Å². The second-order valence-electron chi connectivity index (χ2n) is 4.55. The highest BCUT2D eigenvalue weighted by molar-refractivity contribution is 9.10. The van der Waals surface area contributed by atoms with Crippen molar-refractivity contribution < 1.29 is 13.5 Å². The molecule has 4 heteroatoms. The van der Waals surface area contributed by atoms with Crippen LogP contribution in [0.4, 0.5) is 8.78 Å². The summed E-state index contributed by atoms with van der Waals surface area (Å²) in [6, 6.07) is 10.1. The van der Waals surface area contributed by atoms with Gasteiger partial charge in [0.25, 0.3) is 0 Å². The van der Waals surface area contributed by atoms with Gasteiger partial charge in [-0.3, -0.25) is 0 Å².